The van der Waals surface area contributed by atoms with Crippen LogP contribution in [0.15, 0.2) is 78.4 Å². The average Bonchev–Trinajstić information content (AvgIpc) is 3.42. The van der Waals surface area contributed by atoms with E-state index in [9.17, 15) is 4.79 Å². The van der Waals surface area contributed by atoms with Gasteiger partial charge >= 0.3 is 0 Å². The van der Waals surface area contributed by atoms with Crippen molar-refractivity contribution in [3.05, 3.63) is 95.3 Å². The highest BCUT2D eigenvalue weighted by atomic mass is 32.1. The zero-order valence-corrected chi connectivity index (χ0v) is 17.0. The van der Waals surface area contributed by atoms with Crippen LogP contribution in [0.25, 0.3) is 10.6 Å². The molecule has 0 aliphatic heterocycles. The maximum atomic E-state index is 12.9. The van der Waals surface area contributed by atoms with Gasteiger partial charge in [0.25, 0.3) is 0 Å². The fraction of sp³-hybridized carbons (Fsp3) is 0.174. The van der Waals surface area contributed by atoms with E-state index in [1.807, 2.05) is 42.6 Å². The van der Waals surface area contributed by atoms with Gasteiger partial charge in [-0.05, 0) is 18.6 Å². The Labute approximate surface area is 174 Å². The first kappa shape index (κ1) is 19.1. The molecule has 6 heteroatoms. The molecule has 0 bridgehead atoms. The maximum Gasteiger partial charge on any atom is 0.249 e. The molecule has 0 spiro atoms. The smallest absolute Gasteiger partial charge is 0.249 e. The lowest BCUT2D eigenvalue weighted by molar-refractivity contribution is -0.123. The van der Waals surface area contributed by atoms with Crippen LogP contribution < -0.4 is 5.32 Å². The number of benzene rings is 2. The van der Waals surface area contributed by atoms with E-state index in [0.29, 0.717) is 13.0 Å². The molecule has 2 aromatic heterocycles. The Hall–Kier alpha value is -3.25. The molecule has 0 saturated carbocycles. The number of hydrogen-bond donors (Lipinski definition) is 1. The number of aryl methyl sites for hydroxylation is 1. The molecule has 1 N–H and O–H groups in total. The predicted molar refractivity (Wildman–Crippen MR) is 116 cm³/mol. The van der Waals surface area contributed by atoms with Crippen molar-refractivity contribution >= 4 is 17.2 Å². The van der Waals surface area contributed by atoms with E-state index in [2.05, 4.69) is 47.0 Å². The number of aromatic nitrogens is 3. The zero-order valence-electron chi connectivity index (χ0n) is 16.2. The van der Waals surface area contributed by atoms with E-state index < -0.39 is 6.04 Å². The van der Waals surface area contributed by atoms with Gasteiger partial charge in [0, 0.05) is 36.3 Å². The van der Waals surface area contributed by atoms with Crippen molar-refractivity contribution in [3.63, 3.8) is 0 Å². The summed E-state index contributed by atoms with van der Waals surface area (Å²) >= 11 is 1.63. The van der Waals surface area contributed by atoms with Crippen LogP contribution >= 0.6 is 11.3 Å². The zero-order chi connectivity index (χ0) is 20.1. The molecule has 0 radical (unpaired) electrons. The minimum Gasteiger partial charge on any atom is -0.354 e. The topological polar surface area (TPSA) is 59.8 Å². The SMILES string of the molecule is Cc1ccc(-c2nc(CCNC(=O)C(c3ccccc3)n3cccn3)cs2)cc1. The number of nitrogens with zero attached hydrogens (tertiary/aromatic N) is 3. The van der Waals surface area contributed by atoms with Gasteiger partial charge in [-0.2, -0.15) is 5.10 Å². The molecule has 2 aromatic carbocycles. The minimum atomic E-state index is -0.482. The maximum absolute atomic E-state index is 12.9. The summed E-state index contributed by atoms with van der Waals surface area (Å²) in [6.07, 6.45) is 4.19. The van der Waals surface area contributed by atoms with E-state index in [0.717, 1.165) is 21.8 Å². The van der Waals surface area contributed by atoms with Crippen LogP contribution in [-0.4, -0.2) is 27.2 Å². The molecule has 5 nitrogen and oxygen atoms in total. The average molecular weight is 403 g/mol. The fourth-order valence-corrected chi connectivity index (χ4v) is 4.01. The van der Waals surface area contributed by atoms with Crippen molar-refractivity contribution in [1.82, 2.24) is 20.1 Å². The molecule has 1 atom stereocenters. The number of thiazole rings is 1. The van der Waals surface area contributed by atoms with Crippen molar-refractivity contribution in [2.75, 3.05) is 6.54 Å². The summed E-state index contributed by atoms with van der Waals surface area (Å²) in [5.74, 6) is -0.0751. The first-order valence-electron chi connectivity index (χ1n) is 9.54. The highest BCUT2D eigenvalue weighted by Gasteiger charge is 2.22. The summed E-state index contributed by atoms with van der Waals surface area (Å²) in [4.78, 5) is 17.6. The summed E-state index contributed by atoms with van der Waals surface area (Å²) in [7, 11) is 0. The molecule has 0 aliphatic rings. The second kappa shape index (κ2) is 8.84. The highest BCUT2D eigenvalue weighted by Crippen LogP contribution is 2.24. The van der Waals surface area contributed by atoms with Crippen LogP contribution in [0, 0.1) is 6.92 Å². The van der Waals surface area contributed by atoms with Gasteiger partial charge in [0.15, 0.2) is 6.04 Å². The number of rotatable bonds is 7. The minimum absolute atomic E-state index is 0.0751. The molecular formula is C23H22N4OS. The lowest BCUT2D eigenvalue weighted by Gasteiger charge is -2.17. The molecule has 2 heterocycles. The quantitative estimate of drug-likeness (QED) is 0.502. The number of hydrogen-bond acceptors (Lipinski definition) is 4. The number of nitrogens with one attached hydrogen (secondary N) is 1. The van der Waals surface area contributed by atoms with Crippen LogP contribution in [0.1, 0.15) is 22.9 Å². The van der Waals surface area contributed by atoms with E-state index in [1.165, 1.54) is 5.56 Å². The first-order valence-corrected chi connectivity index (χ1v) is 10.4. The summed E-state index contributed by atoms with van der Waals surface area (Å²) in [6, 6.07) is 19.4. The molecule has 0 fully saturated rings. The molecule has 1 amide bonds. The van der Waals surface area contributed by atoms with E-state index in [4.69, 9.17) is 4.98 Å². The third-order valence-corrected chi connectivity index (χ3v) is 5.62. The molecule has 0 saturated heterocycles. The standard InChI is InChI=1S/C23H22N4OS/c1-17-8-10-19(11-9-17)23-26-20(16-29-23)12-14-24-22(28)21(27-15-5-13-25-27)18-6-3-2-4-7-18/h2-11,13,15-16,21H,12,14H2,1H3,(H,24,28). The van der Waals surface area contributed by atoms with Gasteiger partial charge in [0.2, 0.25) is 5.91 Å². The van der Waals surface area contributed by atoms with Crippen LogP contribution in [0.2, 0.25) is 0 Å². The van der Waals surface area contributed by atoms with Crippen LogP contribution in [-0.2, 0) is 11.2 Å². The van der Waals surface area contributed by atoms with E-state index >= 15 is 0 Å². The second-order valence-electron chi connectivity index (χ2n) is 6.85. The predicted octanol–water partition coefficient (Wildman–Crippen LogP) is 4.26. The normalized spacial score (nSPS) is 11.9. The van der Waals surface area contributed by atoms with Gasteiger partial charge in [-0.15, -0.1) is 11.3 Å². The number of carbonyl (C=O) groups excluding carboxylic acids is 1. The van der Waals surface area contributed by atoms with E-state index in [-0.39, 0.29) is 5.91 Å². The number of amides is 1. The third-order valence-electron chi connectivity index (χ3n) is 4.68. The lowest BCUT2D eigenvalue weighted by Crippen LogP contribution is -2.34. The lowest BCUT2D eigenvalue weighted by atomic mass is 10.1. The monoisotopic (exact) mass is 402 g/mol. The Kier molecular flexibility index (Phi) is 5.81. The van der Waals surface area contributed by atoms with Gasteiger partial charge < -0.3 is 5.32 Å². The Morgan fingerprint density at radius 1 is 1.10 bits per heavy atom. The summed E-state index contributed by atoms with van der Waals surface area (Å²) < 4.78 is 1.68. The molecule has 29 heavy (non-hydrogen) atoms. The van der Waals surface area contributed by atoms with Gasteiger partial charge in [-0.1, -0.05) is 60.2 Å². The number of carbonyl (C=O) groups is 1. The molecule has 1 unspecified atom stereocenters. The molecular weight excluding hydrogens is 380 g/mol. The fourth-order valence-electron chi connectivity index (χ4n) is 3.15. The largest absolute Gasteiger partial charge is 0.354 e. The van der Waals surface area contributed by atoms with E-state index in [1.54, 1.807) is 22.2 Å². The van der Waals surface area contributed by atoms with Gasteiger partial charge in [0.05, 0.1) is 5.69 Å². The molecule has 4 rings (SSSR count). The molecule has 146 valence electrons. The highest BCUT2D eigenvalue weighted by molar-refractivity contribution is 7.13. The Bertz CT molecular complexity index is 1060. The first-order chi connectivity index (χ1) is 14.2. The van der Waals surface area contributed by atoms with Gasteiger partial charge in [0.1, 0.15) is 5.01 Å². The van der Waals surface area contributed by atoms with Crippen LogP contribution in [0.5, 0.6) is 0 Å². The van der Waals surface area contributed by atoms with Gasteiger partial charge in [-0.3, -0.25) is 9.48 Å². The Morgan fingerprint density at radius 3 is 2.62 bits per heavy atom. The van der Waals surface area contributed by atoms with Crippen molar-refractivity contribution in [3.8, 4) is 10.6 Å². The summed E-state index contributed by atoms with van der Waals surface area (Å²) in [5, 5.41) is 10.4. The van der Waals surface area contributed by atoms with Gasteiger partial charge in [-0.25, -0.2) is 4.98 Å². The summed E-state index contributed by atoms with van der Waals surface area (Å²) in [6.45, 7) is 2.60. The summed E-state index contributed by atoms with van der Waals surface area (Å²) in [5.41, 5.74) is 4.25. The van der Waals surface area contributed by atoms with Crippen molar-refractivity contribution in [2.24, 2.45) is 0 Å². The van der Waals surface area contributed by atoms with Crippen molar-refractivity contribution in [1.29, 1.82) is 0 Å². The molecule has 4 aromatic rings. The Balaban J connectivity index is 1.39. The van der Waals surface area contributed by atoms with Crippen LogP contribution in [0.3, 0.4) is 0 Å². The van der Waals surface area contributed by atoms with Crippen molar-refractivity contribution in [2.45, 2.75) is 19.4 Å². The molecule has 0 aliphatic carbocycles. The second-order valence-corrected chi connectivity index (χ2v) is 7.71. The van der Waals surface area contributed by atoms with Crippen LogP contribution in [0.4, 0.5) is 0 Å². The van der Waals surface area contributed by atoms with Crippen molar-refractivity contribution < 1.29 is 4.79 Å². The Morgan fingerprint density at radius 2 is 1.90 bits per heavy atom. The third kappa shape index (κ3) is 4.60.